The van der Waals surface area contributed by atoms with Gasteiger partial charge in [-0.3, -0.25) is 10.2 Å². The van der Waals surface area contributed by atoms with E-state index < -0.39 is 27.4 Å². The van der Waals surface area contributed by atoms with Gasteiger partial charge in [0.2, 0.25) is 5.90 Å². The number of nitrogens with zero attached hydrogens (tertiary/aromatic N) is 1. The van der Waals surface area contributed by atoms with Gasteiger partial charge in [-0.25, -0.2) is 18.8 Å². The number of hydrazine groups is 1. The van der Waals surface area contributed by atoms with Crippen molar-refractivity contribution in [1.29, 1.82) is 0 Å². The second kappa shape index (κ2) is 15.0. The smallest absolute Gasteiger partial charge is 0.266 e. The highest BCUT2D eigenvalue weighted by Gasteiger charge is 2.50. The monoisotopic (exact) mass is 625 g/mol. The second-order valence-electron chi connectivity index (χ2n) is 10.2. The number of ether oxygens (including phenoxy) is 4. The van der Waals surface area contributed by atoms with Crippen LogP contribution in [0.3, 0.4) is 0 Å². The highest BCUT2D eigenvalue weighted by molar-refractivity contribution is 7.91. The van der Waals surface area contributed by atoms with Gasteiger partial charge in [0.25, 0.3) is 5.91 Å². The number of carbonyl (C=O) groups is 1. The fourth-order valence-electron chi connectivity index (χ4n) is 4.81. The second-order valence-corrected chi connectivity index (χ2v) is 12.4. The highest BCUT2D eigenvalue weighted by Crippen LogP contribution is 2.33. The number of carbonyl (C=O) groups excluding carboxylic acids is 1. The number of hydrogen-bond donors (Lipinski definition) is 3. The summed E-state index contributed by atoms with van der Waals surface area (Å²) in [5.41, 5.74) is 5.67. The Labute approximate surface area is 258 Å². The van der Waals surface area contributed by atoms with Crippen molar-refractivity contribution in [3.05, 3.63) is 83.9 Å². The van der Waals surface area contributed by atoms with Crippen LogP contribution in [-0.2, 0) is 25.8 Å². The van der Waals surface area contributed by atoms with Crippen molar-refractivity contribution in [2.75, 3.05) is 39.7 Å². The molecular weight excluding hydrogens is 586 g/mol. The van der Waals surface area contributed by atoms with Crippen LogP contribution in [0, 0.1) is 0 Å². The lowest BCUT2D eigenvalue weighted by molar-refractivity contribution is -0.129. The lowest BCUT2D eigenvalue weighted by Crippen LogP contribution is -2.55. The normalized spacial score (nSPS) is 17.8. The number of amides is 1. The first-order valence-electron chi connectivity index (χ1n) is 14.3. The van der Waals surface area contributed by atoms with E-state index >= 15 is 0 Å². The topological polar surface area (TPSA) is 145 Å². The number of rotatable bonds is 16. The zero-order valence-electron chi connectivity index (χ0n) is 25.1. The summed E-state index contributed by atoms with van der Waals surface area (Å²) >= 11 is 0. The van der Waals surface area contributed by atoms with E-state index in [0.29, 0.717) is 48.8 Å². The molecule has 236 valence electrons. The van der Waals surface area contributed by atoms with Crippen molar-refractivity contribution >= 4 is 21.6 Å². The summed E-state index contributed by atoms with van der Waals surface area (Å²) in [6, 6.07) is 20.6. The summed E-state index contributed by atoms with van der Waals surface area (Å²) in [5, 5.41) is 8.97. The van der Waals surface area contributed by atoms with Gasteiger partial charge >= 0.3 is 0 Å². The fourth-order valence-corrected chi connectivity index (χ4v) is 6.20. The average molecular weight is 626 g/mol. The molecule has 12 heteroatoms. The van der Waals surface area contributed by atoms with Crippen LogP contribution >= 0.6 is 0 Å². The fraction of sp³-hybridized carbons (Fsp3) is 0.375. The average Bonchev–Trinajstić information content (AvgIpc) is 3.39. The van der Waals surface area contributed by atoms with Gasteiger partial charge in [0.05, 0.1) is 31.5 Å². The number of benzene rings is 3. The Morgan fingerprint density at radius 3 is 2.43 bits per heavy atom. The number of methoxy groups -OCH3 is 2. The maximum atomic E-state index is 13.8. The van der Waals surface area contributed by atoms with Gasteiger partial charge in [0.1, 0.15) is 23.4 Å². The van der Waals surface area contributed by atoms with Crippen LogP contribution in [0.25, 0.3) is 0 Å². The molecule has 0 aliphatic carbocycles. The van der Waals surface area contributed by atoms with Crippen LogP contribution < -0.4 is 25.1 Å². The van der Waals surface area contributed by atoms with Crippen molar-refractivity contribution in [2.24, 2.45) is 4.99 Å². The largest absolute Gasteiger partial charge is 0.497 e. The SMILES string of the molecule is COc1ccc(OC)c(CCNNC(=O)[C@@]2(CCS(=O)(=O)c3ccccc3)N=C(c3ccc(OCCCO)cc3)O[C@H]2C)c1. The predicted molar refractivity (Wildman–Crippen MR) is 166 cm³/mol. The predicted octanol–water partition coefficient (Wildman–Crippen LogP) is 3.10. The Morgan fingerprint density at radius 2 is 1.75 bits per heavy atom. The molecule has 2 atom stereocenters. The number of aliphatic hydroxyl groups excluding tert-OH is 1. The van der Waals surface area contributed by atoms with Crippen molar-refractivity contribution in [3.8, 4) is 17.2 Å². The summed E-state index contributed by atoms with van der Waals surface area (Å²) in [6.45, 7) is 2.48. The third kappa shape index (κ3) is 7.87. The Kier molecular flexibility index (Phi) is 11.2. The van der Waals surface area contributed by atoms with Gasteiger partial charge < -0.3 is 24.1 Å². The van der Waals surface area contributed by atoms with Gasteiger partial charge in [-0.15, -0.1) is 0 Å². The van der Waals surface area contributed by atoms with Gasteiger partial charge in [-0.05, 0) is 79.9 Å². The van der Waals surface area contributed by atoms with E-state index in [4.69, 9.17) is 29.0 Å². The third-order valence-electron chi connectivity index (χ3n) is 7.39. The van der Waals surface area contributed by atoms with Gasteiger partial charge in [-0.2, -0.15) is 0 Å². The van der Waals surface area contributed by atoms with Gasteiger partial charge in [0.15, 0.2) is 15.4 Å². The molecule has 0 radical (unpaired) electrons. The number of hydrogen-bond acceptors (Lipinski definition) is 10. The molecule has 0 aromatic heterocycles. The lowest BCUT2D eigenvalue weighted by Gasteiger charge is -2.28. The Hall–Kier alpha value is -4.13. The molecule has 3 aromatic rings. The summed E-state index contributed by atoms with van der Waals surface area (Å²) < 4.78 is 48.8. The molecule has 1 amide bonds. The number of aliphatic hydroxyl groups is 1. The third-order valence-corrected chi connectivity index (χ3v) is 9.12. The highest BCUT2D eigenvalue weighted by atomic mass is 32.2. The molecule has 1 aliphatic rings. The number of sulfone groups is 1. The minimum absolute atomic E-state index is 0.0365. The molecule has 3 N–H and O–H groups in total. The molecule has 1 aliphatic heterocycles. The maximum absolute atomic E-state index is 13.8. The Balaban J connectivity index is 1.53. The van der Waals surface area contributed by atoms with Crippen LogP contribution in [0.5, 0.6) is 17.2 Å². The molecule has 0 spiro atoms. The van der Waals surface area contributed by atoms with Crippen LogP contribution in [0.2, 0.25) is 0 Å². The van der Waals surface area contributed by atoms with Gasteiger partial charge in [0, 0.05) is 25.1 Å². The summed E-state index contributed by atoms with van der Waals surface area (Å²) in [4.78, 5) is 18.7. The van der Waals surface area contributed by atoms with E-state index in [2.05, 4.69) is 10.9 Å². The quantitative estimate of drug-likeness (QED) is 0.162. The minimum Gasteiger partial charge on any atom is -0.497 e. The van der Waals surface area contributed by atoms with Crippen LogP contribution in [-0.4, -0.2) is 76.7 Å². The van der Waals surface area contributed by atoms with E-state index in [9.17, 15) is 13.2 Å². The molecule has 0 saturated carbocycles. The van der Waals surface area contributed by atoms with E-state index in [1.54, 1.807) is 69.7 Å². The van der Waals surface area contributed by atoms with Crippen molar-refractivity contribution in [3.63, 3.8) is 0 Å². The molecule has 0 fully saturated rings. The molecule has 4 rings (SSSR count). The van der Waals surface area contributed by atoms with Gasteiger partial charge in [-0.1, -0.05) is 18.2 Å². The van der Waals surface area contributed by atoms with Crippen LogP contribution in [0.4, 0.5) is 0 Å². The van der Waals surface area contributed by atoms with Crippen LogP contribution in [0.15, 0.2) is 82.7 Å². The molecular formula is C32H39N3O8S. The lowest BCUT2D eigenvalue weighted by atomic mass is 9.90. The first-order valence-corrected chi connectivity index (χ1v) is 16.0. The molecule has 0 unspecified atom stereocenters. The Bertz CT molecular complexity index is 1530. The molecule has 11 nitrogen and oxygen atoms in total. The molecule has 1 heterocycles. The molecule has 44 heavy (non-hydrogen) atoms. The van der Waals surface area contributed by atoms with E-state index in [1.807, 2.05) is 12.1 Å². The minimum atomic E-state index is -3.70. The van der Waals surface area contributed by atoms with Crippen molar-refractivity contribution in [1.82, 2.24) is 10.9 Å². The molecule has 0 saturated heterocycles. The van der Waals surface area contributed by atoms with Crippen LogP contribution in [0.1, 0.15) is 30.9 Å². The zero-order chi connectivity index (χ0) is 31.6. The van der Waals surface area contributed by atoms with Crippen molar-refractivity contribution in [2.45, 2.75) is 42.7 Å². The number of aliphatic imine (C=N–C) groups is 1. The first kappa shape index (κ1) is 32.8. The van der Waals surface area contributed by atoms with E-state index in [1.165, 1.54) is 12.1 Å². The summed E-state index contributed by atoms with van der Waals surface area (Å²) in [7, 11) is -0.531. The van der Waals surface area contributed by atoms with E-state index in [-0.39, 0.29) is 29.6 Å². The number of nitrogens with one attached hydrogen (secondary N) is 2. The zero-order valence-corrected chi connectivity index (χ0v) is 25.9. The van der Waals surface area contributed by atoms with E-state index in [0.717, 1.165) is 5.56 Å². The van der Waals surface area contributed by atoms with Crippen molar-refractivity contribution < 1.29 is 37.3 Å². The first-order chi connectivity index (χ1) is 21.2. The Morgan fingerprint density at radius 1 is 1.02 bits per heavy atom. The molecule has 0 bridgehead atoms. The summed E-state index contributed by atoms with van der Waals surface area (Å²) in [6.07, 6.45) is 0.168. The standard InChI is InChI=1S/C32H39N3O8S/c1-23-32(17-21-44(38,39)28-8-5-4-6-9-28,34-30(43-23)24-10-12-26(13-11-24)42-20-7-19-36)31(37)35-33-18-16-25-22-27(40-2)14-15-29(25)41-3/h4-6,8-15,22-23,33,36H,7,16-21H2,1-3H3,(H,35,37)/t23-,32-/m0/s1. The molecule has 3 aromatic carbocycles. The maximum Gasteiger partial charge on any atom is 0.266 e. The summed E-state index contributed by atoms with van der Waals surface area (Å²) in [5.74, 6) is 1.40.